The Morgan fingerprint density at radius 2 is 2.21 bits per heavy atom. The fourth-order valence-electron chi connectivity index (χ4n) is 2.60. The molecule has 106 valence electrons. The third-order valence-corrected chi connectivity index (χ3v) is 3.61. The van der Waals surface area contributed by atoms with E-state index in [1.807, 2.05) is 32.2 Å². The number of ether oxygens (including phenoxy) is 1. The van der Waals surface area contributed by atoms with E-state index in [0.29, 0.717) is 5.92 Å². The van der Waals surface area contributed by atoms with Crippen LogP contribution in [0.25, 0.3) is 0 Å². The minimum atomic E-state index is 0.164. The first-order valence-corrected chi connectivity index (χ1v) is 7.20. The molecule has 1 aliphatic rings. The third-order valence-electron chi connectivity index (χ3n) is 3.61. The average Bonchev–Trinajstić information content (AvgIpc) is 2.39. The van der Waals surface area contributed by atoms with Crippen LogP contribution in [0.3, 0.4) is 0 Å². The maximum atomic E-state index is 6.05. The maximum Gasteiger partial charge on any atom is 0.171 e. The predicted octanol–water partition coefficient (Wildman–Crippen LogP) is 2.43. The predicted molar refractivity (Wildman–Crippen MR) is 78.6 cm³/mol. The van der Waals surface area contributed by atoms with Crippen LogP contribution in [0.2, 0.25) is 0 Å². The van der Waals surface area contributed by atoms with Crippen LogP contribution >= 0.6 is 0 Å². The van der Waals surface area contributed by atoms with Gasteiger partial charge in [0.1, 0.15) is 0 Å². The van der Waals surface area contributed by atoms with Gasteiger partial charge in [-0.25, -0.2) is 4.98 Å². The molecule has 0 bridgehead atoms. The first-order chi connectivity index (χ1) is 9.08. The molecule has 0 amide bonds. The summed E-state index contributed by atoms with van der Waals surface area (Å²) in [6, 6.07) is 4.16. The van der Waals surface area contributed by atoms with Gasteiger partial charge in [-0.05, 0) is 51.7 Å². The second kappa shape index (κ2) is 6.24. The van der Waals surface area contributed by atoms with Gasteiger partial charge in [-0.2, -0.15) is 0 Å². The van der Waals surface area contributed by atoms with E-state index < -0.39 is 0 Å². The van der Waals surface area contributed by atoms with Gasteiger partial charge in [0.15, 0.2) is 11.6 Å². The van der Waals surface area contributed by atoms with Crippen molar-refractivity contribution in [2.45, 2.75) is 45.8 Å². The smallest absolute Gasteiger partial charge is 0.171 e. The van der Waals surface area contributed by atoms with Crippen molar-refractivity contribution in [3.8, 4) is 5.75 Å². The Bertz CT molecular complexity index is 406. The van der Waals surface area contributed by atoms with Crippen molar-refractivity contribution in [2.24, 2.45) is 11.7 Å². The van der Waals surface area contributed by atoms with Crippen LogP contribution in [0.4, 0.5) is 5.82 Å². The number of anilines is 1. The molecule has 2 unspecified atom stereocenters. The van der Waals surface area contributed by atoms with E-state index in [1.54, 1.807) is 0 Å². The molecule has 2 atom stereocenters. The number of pyridine rings is 1. The summed E-state index contributed by atoms with van der Waals surface area (Å²) in [6.07, 6.45) is 4.38. The number of nitrogens with two attached hydrogens (primary N) is 1. The fourth-order valence-corrected chi connectivity index (χ4v) is 2.60. The van der Waals surface area contributed by atoms with Crippen LogP contribution in [0.5, 0.6) is 5.75 Å². The highest BCUT2D eigenvalue weighted by atomic mass is 16.5. The molecule has 1 aliphatic heterocycles. The van der Waals surface area contributed by atoms with Gasteiger partial charge in [-0.3, -0.25) is 0 Å². The van der Waals surface area contributed by atoms with Crippen molar-refractivity contribution >= 4 is 5.82 Å². The number of hydrogen-bond acceptors (Lipinski definition) is 4. The Morgan fingerprint density at radius 3 is 2.89 bits per heavy atom. The van der Waals surface area contributed by atoms with E-state index in [4.69, 9.17) is 10.5 Å². The van der Waals surface area contributed by atoms with Crippen molar-refractivity contribution in [1.82, 2.24) is 4.98 Å². The average molecular weight is 263 g/mol. The normalized spacial score (nSPS) is 21.5. The van der Waals surface area contributed by atoms with Gasteiger partial charge in [-0.1, -0.05) is 0 Å². The first-order valence-electron chi connectivity index (χ1n) is 7.20. The number of piperidine rings is 1. The number of nitrogens with zero attached hydrogens (tertiary/aromatic N) is 2. The first kappa shape index (κ1) is 14.1. The van der Waals surface area contributed by atoms with Crippen LogP contribution in [-0.2, 0) is 0 Å². The lowest BCUT2D eigenvalue weighted by molar-refractivity contribution is 0.241. The van der Waals surface area contributed by atoms with Crippen molar-refractivity contribution in [3.63, 3.8) is 0 Å². The van der Waals surface area contributed by atoms with Crippen LogP contribution in [0.1, 0.15) is 33.6 Å². The topological polar surface area (TPSA) is 51.4 Å². The van der Waals surface area contributed by atoms with Crippen LogP contribution < -0.4 is 15.4 Å². The lowest BCUT2D eigenvalue weighted by Gasteiger charge is -2.36. The Kier molecular flexibility index (Phi) is 4.64. The summed E-state index contributed by atoms with van der Waals surface area (Å²) >= 11 is 0. The number of aromatic nitrogens is 1. The van der Waals surface area contributed by atoms with Gasteiger partial charge in [0.05, 0.1) is 6.10 Å². The van der Waals surface area contributed by atoms with Gasteiger partial charge < -0.3 is 15.4 Å². The second-order valence-electron chi connectivity index (χ2n) is 5.70. The zero-order valence-corrected chi connectivity index (χ0v) is 12.2. The zero-order chi connectivity index (χ0) is 13.8. The van der Waals surface area contributed by atoms with Gasteiger partial charge >= 0.3 is 0 Å². The van der Waals surface area contributed by atoms with E-state index in [0.717, 1.165) is 24.7 Å². The Morgan fingerprint density at radius 1 is 1.42 bits per heavy atom. The summed E-state index contributed by atoms with van der Waals surface area (Å²) in [4.78, 5) is 6.82. The molecule has 0 radical (unpaired) electrons. The molecule has 0 aliphatic carbocycles. The standard InChI is InChI=1S/C15H25N3O/c1-11(2)19-14-7-4-8-17-15(14)18-9-5-6-13(10-18)12(3)16/h4,7-8,11-13H,5-6,9-10,16H2,1-3H3. The molecule has 0 spiro atoms. The summed E-state index contributed by atoms with van der Waals surface area (Å²) in [6.45, 7) is 8.19. The largest absolute Gasteiger partial charge is 0.487 e. The van der Waals surface area contributed by atoms with E-state index in [-0.39, 0.29) is 12.1 Å². The number of rotatable bonds is 4. The van der Waals surface area contributed by atoms with Crippen molar-refractivity contribution in [2.75, 3.05) is 18.0 Å². The molecule has 19 heavy (non-hydrogen) atoms. The molecule has 0 aromatic carbocycles. The summed E-state index contributed by atoms with van der Waals surface area (Å²) in [5, 5.41) is 0. The van der Waals surface area contributed by atoms with Gasteiger partial charge in [-0.15, -0.1) is 0 Å². The van der Waals surface area contributed by atoms with E-state index in [9.17, 15) is 0 Å². The van der Waals surface area contributed by atoms with Gasteiger partial charge in [0.25, 0.3) is 0 Å². The van der Waals surface area contributed by atoms with Gasteiger partial charge in [0.2, 0.25) is 0 Å². The van der Waals surface area contributed by atoms with Crippen molar-refractivity contribution < 1.29 is 4.74 Å². The molecular formula is C15H25N3O. The second-order valence-corrected chi connectivity index (χ2v) is 5.70. The summed E-state index contributed by atoms with van der Waals surface area (Å²) < 4.78 is 5.86. The minimum absolute atomic E-state index is 0.164. The van der Waals surface area contributed by atoms with Gasteiger partial charge in [0, 0.05) is 25.3 Å². The Balaban J connectivity index is 2.16. The Labute approximate surface area is 116 Å². The quantitative estimate of drug-likeness (QED) is 0.906. The van der Waals surface area contributed by atoms with Crippen LogP contribution in [0.15, 0.2) is 18.3 Å². The minimum Gasteiger partial charge on any atom is -0.487 e. The molecule has 1 saturated heterocycles. The lowest BCUT2D eigenvalue weighted by atomic mass is 9.92. The van der Waals surface area contributed by atoms with Crippen molar-refractivity contribution in [3.05, 3.63) is 18.3 Å². The van der Waals surface area contributed by atoms with Crippen LogP contribution in [0, 0.1) is 5.92 Å². The van der Waals surface area contributed by atoms with E-state index in [1.165, 1.54) is 12.8 Å². The Hall–Kier alpha value is -1.29. The van der Waals surface area contributed by atoms with Crippen molar-refractivity contribution in [1.29, 1.82) is 0 Å². The highest BCUT2D eigenvalue weighted by molar-refractivity contribution is 5.52. The fraction of sp³-hybridized carbons (Fsp3) is 0.667. The molecule has 0 saturated carbocycles. The summed E-state index contributed by atoms with van der Waals surface area (Å²) in [5.41, 5.74) is 6.05. The van der Waals surface area contributed by atoms with E-state index in [2.05, 4.69) is 16.8 Å². The highest BCUT2D eigenvalue weighted by Crippen LogP contribution is 2.30. The SMILES string of the molecule is CC(C)Oc1cccnc1N1CCCC(C(C)N)C1. The molecule has 2 heterocycles. The summed E-state index contributed by atoms with van der Waals surface area (Å²) in [5.74, 6) is 2.38. The lowest BCUT2D eigenvalue weighted by Crippen LogP contribution is -2.42. The van der Waals surface area contributed by atoms with E-state index >= 15 is 0 Å². The monoisotopic (exact) mass is 263 g/mol. The molecule has 4 nitrogen and oxygen atoms in total. The molecule has 2 rings (SSSR count). The molecule has 1 fully saturated rings. The number of hydrogen-bond donors (Lipinski definition) is 1. The van der Waals surface area contributed by atoms with Crippen LogP contribution in [-0.4, -0.2) is 30.2 Å². The molecule has 1 aromatic rings. The summed E-state index contributed by atoms with van der Waals surface area (Å²) in [7, 11) is 0. The molecule has 2 N–H and O–H groups in total. The third kappa shape index (κ3) is 3.60. The molecule has 4 heteroatoms. The molecule has 1 aromatic heterocycles. The maximum absolute atomic E-state index is 6.05. The highest BCUT2D eigenvalue weighted by Gasteiger charge is 2.25. The zero-order valence-electron chi connectivity index (χ0n) is 12.2. The molecular weight excluding hydrogens is 238 g/mol.